The minimum atomic E-state index is -0.973. The third-order valence-corrected chi connectivity index (χ3v) is 2.82. The molecule has 1 aliphatic rings. The van der Waals surface area contributed by atoms with E-state index in [4.69, 9.17) is 9.15 Å². The maximum atomic E-state index is 11.3. The molecule has 1 aromatic carbocycles. The molecule has 0 radical (unpaired) electrons. The number of fused-ring (bicyclic) bond motifs is 1. The van der Waals surface area contributed by atoms with Crippen LogP contribution in [0.1, 0.15) is 21.7 Å². The van der Waals surface area contributed by atoms with Crippen LogP contribution in [0.3, 0.4) is 0 Å². The Morgan fingerprint density at radius 2 is 1.94 bits per heavy atom. The lowest BCUT2D eigenvalue weighted by Crippen LogP contribution is -2.00. The highest BCUT2D eigenvalue weighted by atomic mass is 16.5. The molecule has 0 fully saturated rings. The normalized spacial score (nSPS) is 13.6. The summed E-state index contributed by atoms with van der Waals surface area (Å²) < 4.78 is 10.8. The van der Waals surface area contributed by atoms with Crippen molar-refractivity contribution in [2.75, 3.05) is 0 Å². The van der Waals surface area contributed by atoms with Crippen LogP contribution in [-0.2, 0) is 18.0 Å². The largest absolute Gasteiger partial charge is 0.478 e. The Balaban J connectivity index is 2.21. The van der Waals surface area contributed by atoms with Crippen LogP contribution in [0.2, 0.25) is 0 Å². The SMILES string of the molecule is O=C(O)c1c(-c2ccccc2)oc2c1COC2. The molecule has 0 aliphatic carbocycles. The van der Waals surface area contributed by atoms with Gasteiger partial charge in [0.2, 0.25) is 0 Å². The van der Waals surface area contributed by atoms with Gasteiger partial charge in [0.05, 0.1) is 6.61 Å². The van der Waals surface area contributed by atoms with Gasteiger partial charge >= 0.3 is 5.97 Å². The number of furan rings is 1. The molecule has 17 heavy (non-hydrogen) atoms. The van der Waals surface area contributed by atoms with Crippen molar-refractivity contribution in [3.05, 3.63) is 47.2 Å². The van der Waals surface area contributed by atoms with Gasteiger partial charge in [0.1, 0.15) is 23.7 Å². The van der Waals surface area contributed by atoms with Crippen LogP contribution in [0.15, 0.2) is 34.7 Å². The molecule has 4 heteroatoms. The Labute approximate surface area is 97.4 Å². The van der Waals surface area contributed by atoms with Crippen LogP contribution in [0, 0.1) is 0 Å². The molecule has 0 spiro atoms. The number of benzene rings is 1. The highest BCUT2D eigenvalue weighted by Gasteiger charge is 2.29. The fourth-order valence-electron chi connectivity index (χ4n) is 2.05. The first-order valence-corrected chi connectivity index (χ1v) is 5.28. The fraction of sp³-hybridized carbons (Fsp3) is 0.154. The third kappa shape index (κ3) is 1.54. The Kier molecular flexibility index (Phi) is 2.23. The molecule has 0 amide bonds. The number of carboxylic acids is 1. The Morgan fingerprint density at radius 1 is 1.18 bits per heavy atom. The molecule has 0 unspecified atom stereocenters. The molecule has 0 saturated carbocycles. The van der Waals surface area contributed by atoms with E-state index >= 15 is 0 Å². The Morgan fingerprint density at radius 3 is 2.65 bits per heavy atom. The second-order valence-corrected chi connectivity index (χ2v) is 3.87. The van der Waals surface area contributed by atoms with E-state index < -0.39 is 5.97 Å². The zero-order valence-electron chi connectivity index (χ0n) is 8.97. The van der Waals surface area contributed by atoms with Gasteiger partial charge in [-0.15, -0.1) is 0 Å². The van der Waals surface area contributed by atoms with Gasteiger partial charge in [-0.1, -0.05) is 30.3 Å². The minimum absolute atomic E-state index is 0.226. The monoisotopic (exact) mass is 230 g/mol. The molecule has 1 aromatic heterocycles. The lowest BCUT2D eigenvalue weighted by Gasteiger charge is -2.00. The first-order chi connectivity index (χ1) is 8.27. The molecular formula is C13H10O4. The summed E-state index contributed by atoms with van der Waals surface area (Å²) in [5.74, 6) is 0.0759. The summed E-state index contributed by atoms with van der Waals surface area (Å²) in [5, 5.41) is 9.26. The van der Waals surface area contributed by atoms with E-state index in [2.05, 4.69) is 0 Å². The summed E-state index contributed by atoms with van der Waals surface area (Å²) in [6, 6.07) is 9.25. The smallest absolute Gasteiger partial charge is 0.340 e. The second kappa shape index (κ2) is 3.75. The Hall–Kier alpha value is -2.07. The van der Waals surface area contributed by atoms with Gasteiger partial charge in [0.25, 0.3) is 0 Å². The van der Waals surface area contributed by atoms with E-state index in [1.807, 2.05) is 30.3 Å². The number of ether oxygens (including phenoxy) is 1. The van der Waals surface area contributed by atoms with Gasteiger partial charge in [-0.2, -0.15) is 0 Å². The number of hydrogen-bond acceptors (Lipinski definition) is 3. The lowest BCUT2D eigenvalue weighted by molar-refractivity contribution is 0.0690. The molecule has 0 atom stereocenters. The average Bonchev–Trinajstić information content (AvgIpc) is 2.88. The van der Waals surface area contributed by atoms with Crippen molar-refractivity contribution in [3.8, 4) is 11.3 Å². The van der Waals surface area contributed by atoms with Crippen LogP contribution in [0.4, 0.5) is 0 Å². The number of rotatable bonds is 2. The first kappa shape index (κ1) is 10.1. The van der Waals surface area contributed by atoms with Crippen molar-refractivity contribution in [2.45, 2.75) is 13.2 Å². The molecule has 1 aliphatic heterocycles. The van der Waals surface area contributed by atoms with E-state index in [9.17, 15) is 9.90 Å². The van der Waals surface area contributed by atoms with Crippen LogP contribution < -0.4 is 0 Å². The fourth-order valence-corrected chi connectivity index (χ4v) is 2.05. The van der Waals surface area contributed by atoms with Crippen molar-refractivity contribution in [1.29, 1.82) is 0 Å². The number of carbonyl (C=O) groups is 1. The highest BCUT2D eigenvalue weighted by molar-refractivity contribution is 5.96. The minimum Gasteiger partial charge on any atom is -0.478 e. The van der Waals surface area contributed by atoms with Crippen LogP contribution in [0.25, 0.3) is 11.3 Å². The zero-order valence-corrected chi connectivity index (χ0v) is 8.97. The van der Waals surface area contributed by atoms with Gasteiger partial charge in [0.15, 0.2) is 0 Å². The van der Waals surface area contributed by atoms with E-state index in [0.717, 1.165) is 5.56 Å². The maximum absolute atomic E-state index is 11.3. The summed E-state index contributed by atoms with van der Waals surface area (Å²) in [6.45, 7) is 0.662. The summed E-state index contributed by atoms with van der Waals surface area (Å²) >= 11 is 0. The second-order valence-electron chi connectivity index (χ2n) is 3.87. The molecule has 4 nitrogen and oxygen atoms in total. The predicted octanol–water partition coefficient (Wildman–Crippen LogP) is 2.68. The molecule has 1 N–H and O–H groups in total. The topological polar surface area (TPSA) is 59.7 Å². The molecule has 0 saturated heterocycles. The summed E-state index contributed by atoms with van der Waals surface area (Å²) in [7, 11) is 0. The first-order valence-electron chi connectivity index (χ1n) is 5.28. The molecule has 2 heterocycles. The molecule has 86 valence electrons. The quantitative estimate of drug-likeness (QED) is 0.861. The molecule has 2 aromatic rings. The van der Waals surface area contributed by atoms with E-state index in [0.29, 0.717) is 30.3 Å². The van der Waals surface area contributed by atoms with Crippen LogP contribution in [0.5, 0.6) is 0 Å². The lowest BCUT2D eigenvalue weighted by atomic mass is 10.1. The van der Waals surface area contributed by atoms with Gasteiger partial charge in [-0.25, -0.2) is 4.79 Å². The molecular weight excluding hydrogens is 220 g/mol. The average molecular weight is 230 g/mol. The predicted molar refractivity (Wildman–Crippen MR) is 59.6 cm³/mol. The van der Waals surface area contributed by atoms with Crippen molar-refractivity contribution in [3.63, 3.8) is 0 Å². The number of aromatic carboxylic acids is 1. The zero-order chi connectivity index (χ0) is 11.8. The van der Waals surface area contributed by atoms with E-state index in [-0.39, 0.29) is 5.56 Å². The molecule has 0 bridgehead atoms. The Bertz CT molecular complexity index is 569. The summed E-state index contributed by atoms with van der Waals surface area (Å²) in [4.78, 5) is 11.3. The van der Waals surface area contributed by atoms with Crippen molar-refractivity contribution in [1.82, 2.24) is 0 Å². The number of carboxylic acid groups (broad SMARTS) is 1. The number of hydrogen-bond donors (Lipinski definition) is 1. The van der Waals surface area contributed by atoms with Crippen molar-refractivity contribution >= 4 is 5.97 Å². The van der Waals surface area contributed by atoms with E-state index in [1.54, 1.807) is 0 Å². The third-order valence-electron chi connectivity index (χ3n) is 2.82. The van der Waals surface area contributed by atoms with Gasteiger partial charge in [-0.3, -0.25) is 0 Å². The van der Waals surface area contributed by atoms with Crippen molar-refractivity contribution < 1.29 is 19.1 Å². The maximum Gasteiger partial charge on any atom is 0.340 e. The van der Waals surface area contributed by atoms with Gasteiger partial charge < -0.3 is 14.3 Å². The van der Waals surface area contributed by atoms with Crippen LogP contribution >= 0.6 is 0 Å². The van der Waals surface area contributed by atoms with Crippen LogP contribution in [-0.4, -0.2) is 11.1 Å². The highest BCUT2D eigenvalue weighted by Crippen LogP contribution is 2.35. The van der Waals surface area contributed by atoms with Crippen molar-refractivity contribution in [2.24, 2.45) is 0 Å². The standard InChI is InChI=1S/C13H10O4/c14-13(15)11-9-6-16-7-10(9)17-12(11)8-4-2-1-3-5-8/h1-5H,6-7H2,(H,14,15). The van der Waals surface area contributed by atoms with Gasteiger partial charge in [-0.05, 0) is 0 Å². The van der Waals surface area contributed by atoms with Gasteiger partial charge in [0, 0.05) is 11.1 Å². The summed E-state index contributed by atoms with van der Waals surface area (Å²) in [6.07, 6.45) is 0. The summed E-state index contributed by atoms with van der Waals surface area (Å²) in [5.41, 5.74) is 1.67. The molecule has 3 rings (SSSR count). The van der Waals surface area contributed by atoms with E-state index in [1.165, 1.54) is 0 Å².